The van der Waals surface area contributed by atoms with Crippen molar-refractivity contribution in [2.75, 3.05) is 7.11 Å². The van der Waals surface area contributed by atoms with Crippen LogP contribution < -0.4 is 4.74 Å². The fraction of sp³-hybridized carbons (Fsp3) is 0.250. The summed E-state index contributed by atoms with van der Waals surface area (Å²) in [6.07, 6.45) is -0.135. The summed E-state index contributed by atoms with van der Waals surface area (Å²) < 4.78 is 4.86. The Bertz CT molecular complexity index is 327. The second-order valence-corrected chi connectivity index (χ2v) is 2.72. The number of hydrogen-bond donors (Lipinski definition) is 1. The molecule has 13 heavy (non-hydrogen) atoms. The van der Waals surface area contributed by atoms with Gasteiger partial charge in [0.2, 0.25) is 0 Å². The number of carboxylic acids is 1. The van der Waals surface area contributed by atoms with Crippen molar-refractivity contribution in [3.8, 4) is 5.75 Å². The third-order valence-electron chi connectivity index (χ3n) is 1.42. The first-order chi connectivity index (χ1) is 6.13. The highest BCUT2D eigenvalue weighted by molar-refractivity contribution is 6.30. The van der Waals surface area contributed by atoms with E-state index in [0.29, 0.717) is 11.4 Å². The van der Waals surface area contributed by atoms with Crippen LogP contribution in [0.3, 0.4) is 0 Å². The van der Waals surface area contributed by atoms with Crippen LogP contribution in [-0.2, 0) is 11.2 Å². The minimum atomic E-state index is -0.936. The topological polar surface area (TPSA) is 59.4 Å². The summed E-state index contributed by atoms with van der Waals surface area (Å²) in [6, 6.07) is 3.16. The van der Waals surface area contributed by atoms with Gasteiger partial charge in [-0.25, -0.2) is 4.98 Å². The molecule has 0 atom stereocenters. The summed E-state index contributed by atoms with van der Waals surface area (Å²) in [5.41, 5.74) is 0.415. The summed E-state index contributed by atoms with van der Waals surface area (Å²) in [5, 5.41) is 8.65. The van der Waals surface area contributed by atoms with Gasteiger partial charge >= 0.3 is 5.97 Å². The molecule has 0 saturated carbocycles. The lowest BCUT2D eigenvalue weighted by atomic mass is 10.3. The zero-order chi connectivity index (χ0) is 9.84. The zero-order valence-corrected chi connectivity index (χ0v) is 7.71. The Morgan fingerprint density at radius 2 is 2.38 bits per heavy atom. The summed E-state index contributed by atoms with van der Waals surface area (Å²) in [5.74, 6) is -0.496. The largest absolute Gasteiger partial charge is 0.494 e. The smallest absolute Gasteiger partial charge is 0.309 e. The molecule has 0 aliphatic heterocycles. The maximum Gasteiger partial charge on any atom is 0.309 e. The Balaban J connectivity index is 2.89. The molecule has 0 fully saturated rings. The first kappa shape index (κ1) is 9.80. The highest BCUT2D eigenvalue weighted by Gasteiger charge is 2.06. The number of aliphatic carboxylic acids is 1. The average Bonchev–Trinajstić information content (AvgIpc) is 2.03. The molecule has 1 rings (SSSR count). The average molecular weight is 202 g/mol. The molecule has 0 amide bonds. The number of hydrogen-bond acceptors (Lipinski definition) is 3. The van der Waals surface area contributed by atoms with Crippen molar-refractivity contribution in [3.63, 3.8) is 0 Å². The molecule has 0 bridgehead atoms. The number of nitrogens with zero attached hydrogens (tertiary/aromatic N) is 1. The molecule has 70 valence electrons. The Morgan fingerprint density at radius 1 is 1.69 bits per heavy atom. The van der Waals surface area contributed by atoms with Crippen molar-refractivity contribution in [1.29, 1.82) is 0 Å². The van der Waals surface area contributed by atoms with E-state index in [1.807, 2.05) is 0 Å². The van der Waals surface area contributed by atoms with Crippen LogP contribution in [0.4, 0.5) is 0 Å². The Labute approximate surface area is 80.1 Å². The van der Waals surface area contributed by atoms with Gasteiger partial charge in [0.25, 0.3) is 0 Å². The molecule has 0 aromatic carbocycles. The number of aromatic nitrogens is 1. The van der Waals surface area contributed by atoms with E-state index in [2.05, 4.69) is 4.98 Å². The third-order valence-corrected chi connectivity index (χ3v) is 1.70. The molecular formula is C8H8ClNO3. The Hall–Kier alpha value is -1.29. The lowest BCUT2D eigenvalue weighted by Gasteiger charge is -2.02. The van der Waals surface area contributed by atoms with Gasteiger partial charge in [0.1, 0.15) is 0 Å². The van der Waals surface area contributed by atoms with Gasteiger partial charge in [0, 0.05) is 0 Å². The van der Waals surface area contributed by atoms with Crippen LogP contribution in [0.15, 0.2) is 12.1 Å². The van der Waals surface area contributed by atoms with E-state index < -0.39 is 5.97 Å². The fourth-order valence-electron chi connectivity index (χ4n) is 0.865. The monoisotopic (exact) mass is 201 g/mol. The van der Waals surface area contributed by atoms with Gasteiger partial charge in [-0.1, -0.05) is 11.6 Å². The van der Waals surface area contributed by atoms with Gasteiger partial charge in [-0.3, -0.25) is 4.79 Å². The molecular weight excluding hydrogens is 194 g/mol. The van der Waals surface area contributed by atoms with Gasteiger partial charge in [0.05, 0.1) is 19.2 Å². The number of methoxy groups -OCH3 is 1. The van der Waals surface area contributed by atoms with Crippen LogP contribution in [0.25, 0.3) is 0 Å². The maximum atomic E-state index is 10.3. The van der Waals surface area contributed by atoms with E-state index in [4.69, 9.17) is 21.4 Å². The molecule has 0 unspecified atom stereocenters. The van der Waals surface area contributed by atoms with Crippen molar-refractivity contribution in [1.82, 2.24) is 4.98 Å². The summed E-state index contributed by atoms with van der Waals surface area (Å²) in [4.78, 5) is 14.2. The van der Waals surface area contributed by atoms with Crippen LogP contribution in [0, 0.1) is 0 Å². The molecule has 1 N–H and O–H groups in total. The maximum absolute atomic E-state index is 10.3. The number of ether oxygens (including phenoxy) is 1. The summed E-state index contributed by atoms with van der Waals surface area (Å²) in [6.45, 7) is 0. The number of pyridine rings is 1. The lowest BCUT2D eigenvalue weighted by molar-refractivity contribution is -0.136. The van der Waals surface area contributed by atoms with E-state index >= 15 is 0 Å². The minimum absolute atomic E-state index is 0.135. The van der Waals surface area contributed by atoms with Gasteiger partial charge in [-0.2, -0.15) is 0 Å². The number of carboxylic acid groups (broad SMARTS) is 1. The molecule has 0 aliphatic rings. The van der Waals surface area contributed by atoms with Crippen LogP contribution >= 0.6 is 11.6 Å². The number of rotatable bonds is 3. The van der Waals surface area contributed by atoms with Crippen molar-refractivity contribution in [2.45, 2.75) is 6.42 Å². The summed E-state index contributed by atoms with van der Waals surface area (Å²) >= 11 is 5.68. The Morgan fingerprint density at radius 3 is 2.85 bits per heavy atom. The van der Waals surface area contributed by atoms with Crippen LogP contribution in [0.1, 0.15) is 5.69 Å². The second-order valence-electron chi connectivity index (χ2n) is 2.37. The first-order valence-corrected chi connectivity index (χ1v) is 3.92. The number of carbonyl (C=O) groups is 1. The standard InChI is InChI=1S/C8H8ClNO3/c1-13-6-3-2-5(4-7(11)12)10-8(6)9/h2-3H,4H2,1H3,(H,11,12). The molecule has 4 nitrogen and oxygen atoms in total. The van der Waals surface area contributed by atoms with Crippen molar-refractivity contribution >= 4 is 17.6 Å². The first-order valence-electron chi connectivity index (χ1n) is 3.54. The molecule has 0 radical (unpaired) electrons. The fourth-order valence-corrected chi connectivity index (χ4v) is 1.11. The SMILES string of the molecule is COc1ccc(CC(=O)O)nc1Cl. The molecule has 5 heteroatoms. The highest BCUT2D eigenvalue weighted by atomic mass is 35.5. The van der Waals surface area contributed by atoms with Crippen molar-refractivity contribution < 1.29 is 14.6 Å². The highest BCUT2D eigenvalue weighted by Crippen LogP contribution is 2.21. The molecule has 1 aromatic heterocycles. The van der Waals surface area contributed by atoms with Gasteiger partial charge < -0.3 is 9.84 Å². The van der Waals surface area contributed by atoms with Gasteiger partial charge in [-0.05, 0) is 12.1 Å². The van der Waals surface area contributed by atoms with E-state index in [1.165, 1.54) is 7.11 Å². The van der Waals surface area contributed by atoms with E-state index in [9.17, 15) is 4.79 Å². The third kappa shape index (κ3) is 2.59. The van der Waals surface area contributed by atoms with E-state index in [0.717, 1.165) is 0 Å². The molecule has 0 spiro atoms. The van der Waals surface area contributed by atoms with Crippen molar-refractivity contribution in [3.05, 3.63) is 23.0 Å². The lowest BCUT2D eigenvalue weighted by Crippen LogP contribution is -2.02. The quantitative estimate of drug-likeness (QED) is 0.751. The van der Waals surface area contributed by atoms with Gasteiger partial charge in [0.15, 0.2) is 10.9 Å². The normalized spacial score (nSPS) is 9.69. The van der Waals surface area contributed by atoms with E-state index in [1.54, 1.807) is 12.1 Å². The number of halogens is 1. The predicted molar refractivity (Wildman–Crippen MR) is 47.1 cm³/mol. The van der Waals surface area contributed by atoms with Crippen LogP contribution in [0.5, 0.6) is 5.75 Å². The predicted octanol–water partition coefficient (Wildman–Crippen LogP) is 1.37. The second kappa shape index (κ2) is 4.09. The van der Waals surface area contributed by atoms with Gasteiger partial charge in [-0.15, -0.1) is 0 Å². The van der Waals surface area contributed by atoms with Crippen molar-refractivity contribution in [2.24, 2.45) is 0 Å². The summed E-state index contributed by atoms with van der Waals surface area (Å²) in [7, 11) is 1.47. The molecule has 0 aliphatic carbocycles. The zero-order valence-electron chi connectivity index (χ0n) is 6.95. The molecule has 1 heterocycles. The molecule has 0 saturated heterocycles. The van der Waals surface area contributed by atoms with E-state index in [-0.39, 0.29) is 11.6 Å². The minimum Gasteiger partial charge on any atom is -0.494 e. The van der Waals surface area contributed by atoms with Crippen LogP contribution in [0.2, 0.25) is 5.15 Å². The molecule has 1 aromatic rings. The van der Waals surface area contributed by atoms with Crippen LogP contribution in [-0.4, -0.2) is 23.2 Å². The Kier molecular flexibility index (Phi) is 3.08.